The van der Waals surface area contributed by atoms with E-state index < -0.39 is 0 Å². The van der Waals surface area contributed by atoms with Crippen LogP contribution in [-0.4, -0.2) is 0 Å². The zero-order valence-electron chi connectivity index (χ0n) is 12.1. The molecule has 0 amide bonds. The highest BCUT2D eigenvalue weighted by molar-refractivity contribution is 6.04. The minimum atomic E-state index is 0.912. The summed E-state index contributed by atoms with van der Waals surface area (Å²) in [6.07, 6.45) is 0. The lowest BCUT2D eigenvalue weighted by molar-refractivity contribution is 1.35. The molecule has 0 aromatic heterocycles. The maximum atomic E-state index is 5.44. The first kappa shape index (κ1) is 12.9. The predicted octanol–water partition coefficient (Wildman–Crippen LogP) is 4.95. The number of nitrogens with two attached hydrogens (primary N) is 1. The highest BCUT2D eigenvalue weighted by Crippen LogP contribution is 2.32. The van der Waals surface area contributed by atoms with Gasteiger partial charge in [-0.25, -0.2) is 0 Å². The maximum absolute atomic E-state index is 5.44. The molecule has 0 aliphatic rings. The molecule has 0 unspecified atom stereocenters. The largest absolute Gasteiger partial charge is 0.324 e. The minimum absolute atomic E-state index is 0.912. The van der Waals surface area contributed by atoms with Crippen LogP contribution in [0.2, 0.25) is 0 Å². The first-order chi connectivity index (χ1) is 10.8. The van der Waals surface area contributed by atoms with Crippen LogP contribution in [0.25, 0.3) is 32.7 Å². The van der Waals surface area contributed by atoms with Crippen molar-refractivity contribution in [1.29, 1.82) is 0 Å². The molecule has 0 spiro atoms. The Morgan fingerprint density at radius 2 is 1.32 bits per heavy atom. The van der Waals surface area contributed by atoms with Crippen LogP contribution in [0.4, 0.5) is 5.69 Å². The number of anilines is 1. The fourth-order valence-corrected chi connectivity index (χ4v) is 2.96. The summed E-state index contributed by atoms with van der Waals surface area (Å²) in [5.74, 6) is 5.44. The van der Waals surface area contributed by atoms with Crippen molar-refractivity contribution in [3.05, 3.63) is 78.9 Å². The van der Waals surface area contributed by atoms with E-state index in [1.165, 1.54) is 32.7 Å². The molecule has 0 radical (unpaired) electrons. The Balaban J connectivity index is 1.98. The molecule has 0 saturated carbocycles. The molecule has 0 aliphatic heterocycles. The van der Waals surface area contributed by atoms with Crippen molar-refractivity contribution < 1.29 is 0 Å². The molecular formula is C20H16N2. The zero-order chi connectivity index (χ0) is 14.9. The topological polar surface area (TPSA) is 38.0 Å². The van der Waals surface area contributed by atoms with Crippen LogP contribution >= 0.6 is 0 Å². The molecule has 3 N–H and O–H groups in total. The van der Waals surface area contributed by atoms with E-state index in [0.29, 0.717) is 0 Å². The van der Waals surface area contributed by atoms with Crippen molar-refractivity contribution in [2.24, 2.45) is 5.84 Å². The van der Waals surface area contributed by atoms with Crippen LogP contribution in [0.15, 0.2) is 78.9 Å². The second kappa shape index (κ2) is 5.17. The molecular weight excluding hydrogens is 268 g/mol. The average molecular weight is 284 g/mol. The third-order valence-electron chi connectivity index (χ3n) is 4.11. The van der Waals surface area contributed by atoms with Gasteiger partial charge in [0, 0.05) is 5.69 Å². The summed E-state index contributed by atoms with van der Waals surface area (Å²) < 4.78 is 0. The van der Waals surface area contributed by atoms with Gasteiger partial charge in [-0.1, -0.05) is 54.6 Å². The number of hydrogen-bond donors (Lipinski definition) is 2. The number of fused-ring (bicyclic) bond motifs is 2. The number of nitrogens with one attached hydrogen (secondary N) is 1. The molecule has 4 aromatic rings. The molecule has 0 heterocycles. The van der Waals surface area contributed by atoms with Gasteiger partial charge in [-0.15, -0.1) is 0 Å². The van der Waals surface area contributed by atoms with Crippen molar-refractivity contribution in [3.63, 3.8) is 0 Å². The van der Waals surface area contributed by atoms with Gasteiger partial charge in [0.15, 0.2) is 0 Å². The molecule has 0 atom stereocenters. The molecule has 2 nitrogen and oxygen atoms in total. The van der Waals surface area contributed by atoms with Gasteiger partial charge in [-0.05, 0) is 56.9 Å². The average Bonchev–Trinajstić information content (AvgIpc) is 2.59. The first-order valence-corrected chi connectivity index (χ1v) is 7.34. The number of rotatable bonds is 2. The smallest absolute Gasteiger partial charge is 0.0485 e. The molecule has 22 heavy (non-hydrogen) atoms. The van der Waals surface area contributed by atoms with E-state index in [4.69, 9.17) is 5.84 Å². The lowest BCUT2D eigenvalue weighted by atomic mass is 9.95. The fraction of sp³-hybridized carbons (Fsp3) is 0. The molecule has 0 aliphatic carbocycles. The minimum Gasteiger partial charge on any atom is -0.324 e. The number of hydrazine groups is 1. The Labute approximate surface area is 129 Å². The van der Waals surface area contributed by atoms with Gasteiger partial charge in [0.1, 0.15) is 0 Å². The van der Waals surface area contributed by atoms with E-state index in [2.05, 4.69) is 72.2 Å². The lowest BCUT2D eigenvalue weighted by Gasteiger charge is -2.09. The molecule has 4 rings (SSSR count). The Bertz CT molecular complexity index is 956. The molecule has 0 saturated heterocycles. The number of hydrogen-bond acceptors (Lipinski definition) is 2. The van der Waals surface area contributed by atoms with Crippen LogP contribution in [0.3, 0.4) is 0 Å². The van der Waals surface area contributed by atoms with E-state index in [1.807, 2.05) is 12.1 Å². The van der Waals surface area contributed by atoms with Crippen LogP contribution in [-0.2, 0) is 0 Å². The number of nitrogen functional groups attached to an aromatic ring is 1. The van der Waals surface area contributed by atoms with Crippen molar-refractivity contribution >= 4 is 27.2 Å². The van der Waals surface area contributed by atoms with E-state index in [9.17, 15) is 0 Å². The standard InChI is InChI=1S/C20H16N2/c21-22-18-10-8-14(9-11-18)19-7-3-6-17-12-15-4-1-2-5-16(15)13-20(17)19/h1-13,22H,21H2. The van der Waals surface area contributed by atoms with Crippen molar-refractivity contribution in [2.45, 2.75) is 0 Å². The Morgan fingerprint density at radius 1 is 0.636 bits per heavy atom. The maximum Gasteiger partial charge on any atom is 0.0485 e. The summed E-state index contributed by atoms with van der Waals surface area (Å²) in [6, 6.07) is 27.6. The van der Waals surface area contributed by atoms with Crippen molar-refractivity contribution in [3.8, 4) is 11.1 Å². The fourth-order valence-electron chi connectivity index (χ4n) is 2.96. The van der Waals surface area contributed by atoms with Gasteiger partial charge in [0.05, 0.1) is 0 Å². The summed E-state index contributed by atoms with van der Waals surface area (Å²) in [5.41, 5.74) is 6.02. The molecule has 2 heteroatoms. The summed E-state index contributed by atoms with van der Waals surface area (Å²) in [7, 11) is 0. The number of benzene rings is 4. The third kappa shape index (κ3) is 2.10. The van der Waals surface area contributed by atoms with Gasteiger partial charge in [0.25, 0.3) is 0 Å². The quantitative estimate of drug-likeness (QED) is 0.310. The second-order valence-electron chi connectivity index (χ2n) is 5.45. The summed E-state index contributed by atoms with van der Waals surface area (Å²) >= 11 is 0. The van der Waals surface area contributed by atoms with Gasteiger partial charge in [0.2, 0.25) is 0 Å². The summed E-state index contributed by atoms with van der Waals surface area (Å²) in [6.45, 7) is 0. The van der Waals surface area contributed by atoms with E-state index >= 15 is 0 Å². The normalized spacial score (nSPS) is 11.0. The highest BCUT2D eigenvalue weighted by Gasteiger charge is 2.05. The van der Waals surface area contributed by atoms with Crippen LogP contribution < -0.4 is 11.3 Å². The highest BCUT2D eigenvalue weighted by atomic mass is 15.2. The van der Waals surface area contributed by atoms with Crippen molar-refractivity contribution in [1.82, 2.24) is 0 Å². The monoisotopic (exact) mass is 284 g/mol. The van der Waals surface area contributed by atoms with Crippen LogP contribution in [0.5, 0.6) is 0 Å². The summed E-state index contributed by atoms with van der Waals surface area (Å²) in [5, 5.41) is 5.07. The molecule has 0 fully saturated rings. The van der Waals surface area contributed by atoms with Gasteiger partial charge in [-0.3, -0.25) is 5.84 Å². The van der Waals surface area contributed by atoms with E-state index in [1.54, 1.807) is 0 Å². The van der Waals surface area contributed by atoms with Crippen LogP contribution in [0, 0.1) is 0 Å². The Morgan fingerprint density at radius 3 is 2.05 bits per heavy atom. The Hall–Kier alpha value is -2.84. The third-order valence-corrected chi connectivity index (χ3v) is 4.11. The molecule has 106 valence electrons. The van der Waals surface area contributed by atoms with Gasteiger partial charge in [-0.2, -0.15) is 0 Å². The summed E-state index contributed by atoms with van der Waals surface area (Å²) in [4.78, 5) is 0. The molecule has 0 bridgehead atoms. The van der Waals surface area contributed by atoms with Gasteiger partial charge < -0.3 is 5.43 Å². The lowest BCUT2D eigenvalue weighted by Crippen LogP contribution is -2.05. The van der Waals surface area contributed by atoms with Crippen LogP contribution in [0.1, 0.15) is 0 Å². The van der Waals surface area contributed by atoms with Crippen molar-refractivity contribution in [2.75, 3.05) is 5.43 Å². The molecule has 4 aromatic carbocycles. The Kier molecular flexibility index (Phi) is 3.02. The first-order valence-electron chi connectivity index (χ1n) is 7.34. The van der Waals surface area contributed by atoms with Gasteiger partial charge >= 0.3 is 0 Å². The SMILES string of the molecule is NNc1ccc(-c2cccc3cc4ccccc4cc23)cc1. The van der Waals surface area contributed by atoms with E-state index in [0.717, 1.165) is 5.69 Å². The zero-order valence-corrected chi connectivity index (χ0v) is 12.1. The van der Waals surface area contributed by atoms with E-state index in [-0.39, 0.29) is 0 Å². The second-order valence-corrected chi connectivity index (χ2v) is 5.45. The predicted molar refractivity (Wildman–Crippen MR) is 94.7 cm³/mol.